The Kier molecular flexibility index (Phi) is 4.58. The molecule has 1 aromatic rings. The van der Waals surface area contributed by atoms with E-state index in [1.807, 2.05) is 17.9 Å². The molecule has 0 N–H and O–H groups in total. The van der Waals surface area contributed by atoms with Crippen molar-refractivity contribution in [3.8, 4) is 0 Å². The van der Waals surface area contributed by atoms with Crippen LogP contribution >= 0.6 is 0 Å². The molecule has 0 unspecified atom stereocenters. The zero-order valence-corrected chi connectivity index (χ0v) is 12.1. The van der Waals surface area contributed by atoms with Gasteiger partial charge >= 0.3 is 0 Å². The summed E-state index contributed by atoms with van der Waals surface area (Å²) >= 11 is 0. The predicted molar refractivity (Wildman–Crippen MR) is 72.6 cm³/mol. The van der Waals surface area contributed by atoms with Crippen LogP contribution in [0.3, 0.4) is 0 Å². The summed E-state index contributed by atoms with van der Waals surface area (Å²) in [7, 11) is 0. The van der Waals surface area contributed by atoms with E-state index < -0.39 is 0 Å². The van der Waals surface area contributed by atoms with Gasteiger partial charge in [0.1, 0.15) is 0 Å². The van der Waals surface area contributed by atoms with Gasteiger partial charge in [-0.1, -0.05) is 19.0 Å². The maximum atomic E-state index is 12.0. The number of aromatic nitrogens is 1. The van der Waals surface area contributed by atoms with Crippen LogP contribution in [0.5, 0.6) is 0 Å². The summed E-state index contributed by atoms with van der Waals surface area (Å²) in [6.45, 7) is 10.3. The Morgan fingerprint density at radius 1 is 1.37 bits per heavy atom. The van der Waals surface area contributed by atoms with Crippen LogP contribution in [0.4, 0.5) is 0 Å². The molecule has 5 heteroatoms. The van der Waals surface area contributed by atoms with Gasteiger partial charge in [-0.05, 0) is 12.8 Å². The molecule has 0 atom stereocenters. The highest BCUT2D eigenvalue weighted by molar-refractivity contribution is 5.76. The zero-order chi connectivity index (χ0) is 13.8. The van der Waals surface area contributed by atoms with Crippen LogP contribution in [0.1, 0.15) is 31.7 Å². The molecule has 1 aliphatic rings. The van der Waals surface area contributed by atoms with Crippen LogP contribution in [-0.4, -0.2) is 47.0 Å². The second kappa shape index (κ2) is 6.19. The average molecular weight is 265 g/mol. The first kappa shape index (κ1) is 14.1. The molecule has 106 valence electrons. The highest BCUT2D eigenvalue weighted by atomic mass is 16.5. The number of carbonyl (C=O) groups is 1. The van der Waals surface area contributed by atoms with Crippen molar-refractivity contribution in [2.45, 2.75) is 33.7 Å². The molecule has 2 rings (SSSR count). The Morgan fingerprint density at radius 2 is 2.05 bits per heavy atom. The molecule has 0 aliphatic carbocycles. The lowest BCUT2D eigenvalue weighted by molar-refractivity contribution is -0.133. The molecule has 1 aromatic heterocycles. The van der Waals surface area contributed by atoms with E-state index in [0.29, 0.717) is 12.3 Å². The summed E-state index contributed by atoms with van der Waals surface area (Å²) in [5.41, 5.74) is 0.917. The van der Waals surface area contributed by atoms with E-state index in [1.54, 1.807) is 0 Å². The van der Waals surface area contributed by atoms with Gasteiger partial charge in [0.25, 0.3) is 0 Å². The summed E-state index contributed by atoms with van der Waals surface area (Å²) < 4.78 is 5.22. The van der Waals surface area contributed by atoms with Gasteiger partial charge in [-0.25, -0.2) is 0 Å². The van der Waals surface area contributed by atoms with Gasteiger partial charge in [0.2, 0.25) is 5.91 Å². The van der Waals surface area contributed by atoms with Gasteiger partial charge in [0, 0.05) is 38.7 Å². The molecule has 1 aliphatic heterocycles. The number of carbonyl (C=O) groups excluding carboxylic acids is 1. The maximum Gasteiger partial charge on any atom is 0.222 e. The Morgan fingerprint density at radius 3 is 2.58 bits per heavy atom. The maximum absolute atomic E-state index is 12.0. The van der Waals surface area contributed by atoms with E-state index in [0.717, 1.165) is 44.2 Å². The Bertz CT molecular complexity index is 420. The van der Waals surface area contributed by atoms with E-state index in [9.17, 15) is 4.79 Å². The smallest absolute Gasteiger partial charge is 0.222 e. The molecular formula is C14H23N3O2. The third kappa shape index (κ3) is 4.06. The number of piperazine rings is 1. The van der Waals surface area contributed by atoms with Gasteiger partial charge < -0.3 is 9.42 Å². The summed E-state index contributed by atoms with van der Waals surface area (Å²) in [5.74, 6) is 1.62. The molecule has 19 heavy (non-hydrogen) atoms. The van der Waals surface area contributed by atoms with Crippen LogP contribution < -0.4 is 0 Å². The second-order valence-electron chi connectivity index (χ2n) is 5.69. The lowest BCUT2D eigenvalue weighted by atomic mass is 10.1. The standard InChI is InChI=1S/C14H23N3O2/c1-11(2)8-14(18)17-6-4-16(5-7-17)10-13-9-12(3)15-19-13/h9,11H,4-8,10H2,1-3H3. The fraction of sp³-hybridized carbons (Fsp3) is 0.714. The predicted octanol–water partition coefficient (Wildman–Crippen LogP) is 1.67. The third-order valence-corrected chi connectivity index (χ3v) is 3.36. The van der Waals surface area contributed by atoms with Crippen molar-refractivity contribution in [3.05, 3.63) is 17.5 Å². The van der Waals surface area contributed by atoms with Gasteiger partial charge in [-0.3, -0.25) is 9.69 Å². The van der Waals surface area contributed by atoms with Crippen molar-refractivity contribution in [2.24, 2.45) is 5.92 Å². The molecule has 1 saturated heterocycles. The largest absolute Gasteiger partial charge is 0.360 e. The summed E-state index contributed by atoms with van der Waals surface area (Å²) in [4.78, 5) is 16.2. The van der Waals surface area contributed by atoms with Crippen molar-refractivity contribution in [2.75, 3.05) is 26.2 Å². The number of nitrogens with zero attached hydrogens (tertiary/aromatic N) is 3. The average Bonchev–Trinajstić information content (AvgIpc) is 2.75. The highest BCUT2D eigenvalue weighted by Gasteiger charge is 2.22. The molecule has 0 aromatic carbocycles. The molecule has 1 amide bonds. The van der Waals surface area contributed by atoms with E-state index in [1.165, 1.54) is 0 Å². The highest BCUT2D eigenvalue weighted by Crippen LogP contribution is 2.11. The van der Waals surface area contributed by atoms with Crippen molar-refractivity contribution in [1.29, 1.82) is 0 Å². The number of aryl methyl sites for hydroxylation is 1. The molecule has 0 spiro atoms. The van der Waals surface area contributed by atoms with Crippen molar-refractivity contribution in [1.82, 2.24) is 15.0 Å². The number of rotatable bonds is 4. The lowest BCUT2D eigenvalue weighted by Gasteiger charge is -2.34. The summed E-state index contributed by atoms with van der Waals surface area (Å²) in [6.07, 6.45) is 0.654. The summed E-state index contributed by atoms with van der Waals surface area (Å²) in [6, 6.07) is 1.97. The number of hydrogen-bond acceptors (Lipinski definition) is 4. The van der Waals surface area contributed by atoms with Crippen molar-refractivity contribution >= 4 is 5.91 Å². The first-order valence-electron chi connectivity index (χ1n) is 6.97. The van der Waals surface area contributed by atoms with Crippen LogP contribution in [0, 0.1) is 12.8 Å². The Balaban J connectivity index is 1.77. The minimum atomic E-state index is 0.283. The van der Waals surface area contributed by atoms with Crippen LogP contribution in [0.2, 0.25) is 0 Å². The van der Waals surface area contributed by atoms with Gasteiger partial charge in [0.15, 0.2) is 5.76 Å². The van der Waals surface area contributed by atoms with Gasteiger partial charge in [0.05, 0.1) is 12.2 Å². The van der Waals surface area contributed by atoms with Crippen LogP contribution in [0.15, 0.2) is 10.6 Å². The fourth-order valence-corrected chi connectivity index (χ4v) is 2.34. The van der Waals surface area contributed by atoms with E-state index in [-0.39, 0.29) is 5.91 Å². The minimum Gasteiger partial charge on any atom is -0.360 e. The van der Waals surface area contributed by atoms with Crippen LogP contribution in [-0.2, 0) is 11.3 Å². The van der Waals surface area contributed by atoms with Crippen molar-refractivity contribution in [3.63, 3.8) is 0 Å². The normalized spacial score (nSPS) is 17.2. The topological polar surface area (TPSA) is 49.6 Å². The zero-order valence-electron chi connectivity index (χ0n) is 12.1. The quantitative estimate of drug-likeness (QED) is 0.831. The first-order valence-corrected chi connectivity index (χ1v) is 6.97. The van der Waals surface area contributed by atoms with Crippen LogP contribution in [0.25, 0.3) is 0 Å². The number of amides is 1. The monoisotopic (exact) mass is 265 g/mol. The lowest BCUT2D eigenvalue weighted by Crippen LogP contribution is -2.48. The van der Waals surface area contributed by atoms with Gasteiger partial charge in [-0.15, -0.1) is 0 Å². The molecular weight excluding hydrogens is 242 g/mol. The van der Waals surface area contributed by atoms with E-state index >= 15 is 0 Å². The van der Waals surface area contributed by atoms with Gasteiger partial charge in [-0.2, -0.15) is 0 Å². The summed E-state index contributed by atoms with van der Waals surface area (Å²) in [5, 5.41) is 3.89. The minimum absolute atomic E-state index is 0.283. The number of hydrogen-bond donors (Lipinski definition) is 0. The molecule has 0 saturated carbocycles. The SMILES string of the molecule is Cc1cc(CN2CCN(C(=O)CC(C)C)CC2)on1. The van der Waals surface area contributed by atoms with Crippen molar-refractivity contribution < 1.29 is 9.32 Å². The Labute approximate surface area is 114 Å². The molecule has 0 bridgehead atoms. The molecule has 5 nitrogen and oxygen atoms in total. The third-order valence-electron chi connectivity index (χ3n) is 3.36. The van der Waals surface area contributed by atoms with E-state index in [2.05, 4.69) is 23.9 Å². The molecule has 1 fully saturated rings. The molecule has 0 radical (unpaired) electrons. The fourth-order valence-electron chi connectivity index (χ4n) is 2.34. The first-order chi connectivity index (χ1) is 9.04. The molecule has 2 heterocycles. The second-order valence-corrected chi connectivity index (χ2v) is 5.69. The Hall–Kier alpha value is -1.36. The van der Waals surface area contributed by atoms with E-state index in [4.69, 9.17) is 4.52 Å².